The van der Waals surface area contributed by atoms with Crippen LogP contribution < -0.4 is 0 Å². The first-order valence-corrected chi connectivity index (χ1v) is 10.8. The molecule has 0 saturated heterocycles. The van der Waals surface area contributed by atoms with E-state index >= 15 is 0 Å². The minimum Gasteiger partial charge on any atom is -0.478 e. The molecule has 6 nitrogen and oxygen atoms in total. The third-order valence-electron chi connectivity index (χ3n) is 5.14. The largest absolute Gasteiger partial charge is 0.478 e. The summed E-state index contributed by atoms with van der Waals surface area (Å²) in [6.07, 6.45) is 9.36. The highest BCUT2D eigenvalue weighted by atomic mass is 16.4. The second-order valence-electron chi connectivity index (χ2n) is 7.56. The van der Waals surface area contributed by atoms with Gasteiger partial charge in [-0.15, -0.1) is 0 Å². The third-order valence-corrected chi connectivity index (χ3v) is 5.14. The Morgan fingerprint density at radius 2 is 1.80 bits per heavy atom. The molecule has 0 fully saturated rings. The maximum absolute atomic E-state index is 11.5. The Morgan fingerprint density at radius 1 is 1.00 bits per heavy atom. The molecule has 6 heteroatoms. The molecule has 0 amide bonds. The number of aryl methyl sites for hydroxylation is 2. The van der Waals surface area contributed by atoms with Crippen LogP contribution in [0.25, 0.3) is 11.3 Å². The summed E-state index contributed by atoms with van der Waals surface area (Å²) in [5.74, 6) is 1.01. The molecule has 0 aliphatic carbocycles. The zero-order valence-corrected chi connectivity index (χ0v) is 17.8. The average Bonchev–Trinajstić information content (AvgIpc) is 3.14. The minimum atomic E-state index is -0.949. The van der Waals surface area contributed by atoms with Gasteiger partial charge in [-0.05, 0) is 30.5 Å². The summed E-state index contributed by atoms with van der Waals surface area (Å²) in [5, 5.41) is 14.2. The molecule has 0 unspecified atom stereocenters. The van der Waals surface area contributed by atoms with Crippen molar-refractivity contribution < 1.29 is 9.90 Å². The smallest absolute Gasteiger partial charge is 0.336 e. The predicted octanol–water partition coefficient (Wildman–Crippen LogP) is 5.16. The van der Waals surface area contributed by atoms with Gasteiger partial charge in [-0.25, -0.2) is 14.5 Å². The molecule has 0 spiro atoms. The Labute approximate surface area is 178 Å². The van der Waals surface area contributed by atoms with E-state index in [0.29, 0.717) is 17.8 Å². The number of carbonyl (C=O) groups is 1. The monoisotopic (exact) mass is 406 g/mol. The van der Waals surface area contributed by atoms with E-state index in [0.717, 1.165) is 49.3 Å². The highest BCUT2D eigenvalue weighted by molar-refractivity contribution is 5.95. The lowest BCUT2D eigenvalue weighted by atomic mass is 10.0. The van der Waals surface area contributed by atoms with Gasteiger partial charge in [0.15, 0.2) is 5.82 Å². The van der Waals surface area contributed by atoms with Crippen LogP contribution >= 0.6 is 0 Å². The Morgan fingerprint density at radius 3 is 2.50 bits per heavy atom. The summed E-state index contributed by atoms with van der Waals surface area (Å²) in [4.78, 5) is 20.8. The fourth-order valence-corrected chi connectivity index (χ4v) is 3.45. The quantitative estimate of drug-likeness (QED) is 0.445. The Hall–Kier alpha value is -3.02. The number of hydrogen-bond donors (Lipinski definition) is 1. The lowest BCUT2D eigenvalue weighted by Gasteiger charge is -2.08. The first-order valence-electron chi connectivity index (χ1n) is 10.8. The van der Waals surface area contributed by atoms with Crippen LogP contribution in [0.2, 0.25) is 0 Å². The molecule has 2 aromatic heterocycles. The fraction of sp³-hybridized carbons (Fsp3) is 0.417. The van der Waals surface area contributed by atoms with Gasteiger partial charge in [0.05, 0.1) is 17.8 Å². The second-order valence-corrected chi connectivity index (χ2v) is 7.56. The zero-order valence-electron chi connectivity index (χ0n) is 17.8. The van der Waals surface area contributed by atoms with E-state index in [4.69, 9.17) is 10.1 Å². The Balaban J connectivity index is 1.79. The molecule has 2 heterocycles. The summed E-state index contributed by atoms with van der Waals surface area (Å²) >= 11 is 0. The van der Waals surface area contributed by atoms with Gasteiger partial charge in [0.1, 0.15) is 5.82 Å². The van der Waals surface area contributed by atoms with Crippen LogP contribution in [-0.2, 0) is 19.4 Å². The van der Waals surface area contributed by atoms with Crippen LogP contribution in [0.4, 0.5) is 0 Å². The van der Waals surface area contributed by atoms with Gasteiger partial charge in [-0.3, -0.25) is 4.98 Å². The molecule has 0 aliphatic rings. The number of carboxylic acid groups (broad SMARTS) is 1. The van der Waals surface area contributed by atoms with Gasteiger partial charge in [0.2, 0.25) is 0 Å². The number of aromatic carboxylic acids is 1. The van der Waals surface area contributed by atoms with Gasteiger partial charge in [0, 0.05) is 24.6 Å². The van der Waals surface area contributed by atoms with E-state index in [1.165, 1.54) is 12.8 Å². The normalized spacial score (nSPS) is 11.0. The predicted molar refractivity (Wildman–Crippen MR) is 118 cm³/mol. The Kier molecular flexibility index (Phi) is 7.71. The maximum atomic E-state index is 11.5. The summed E-state index contributed by atoms with van der Waals surface area (Å²) < 4.78 is 2.00. The summed E-state index contributed by atoms with van der Waals surface area (Å²) in [5.41, 5.74) is 2.56. The van der Waals surface area contributed by atoms with Crippen molar-refractivity contribution in [2.24, 2.45) is 0 Å². The van der Waals surface area contributed by atoms with Crippen molar-refractivity contribution in [2.45, 2.75) is 65.3 Å². The van der Waals surface area contributed by atoms with E-state index in [9.17, 15) is 9.90 Å². The molecule has 3 rings (SSSR count). The van der Waals surface area contributed by atoms with Crippen molar-refractivity contribution in [1.82, 2.24) is 19.7 Å². The highest BCUT2D eigenvalue weighted by Crippen LogP contribution is 2.22. The number of pyridine rings is 1. The van der Waals surface area contributed by atoms with Crippen LogP contribution in [-0.4, -0.2) is 30.8 Å². The summed E-state index contributed by atoms with van der Waals surface area (Å²) in [6, 6.07) is 10.8. The molecule has 1 N–H and O–H groups in total. The molecule has 0 saturated carbocycles. The van der Waals surface area contributed by atoms with Crippen LogP contribution in [0.15, 0.2) is 42.6 Å². The number of aromatic nitrogens is 4. The van der Waals surface area contributed by atoms with Gasteiger partial charge in [-0.1, -0.05) is 57.4 Å². The van der Waals surface area contributed by atoms with Gasteiger partial charge in [0.25, 0.3) is 0 Å². The molecule has 0 aliphatic heterocycles. The lowest BCUT2D eigenvalue weighted by molar-refractivity contribution is 0.0697. The van der Waals surface area contributed by atoms with E-state index < -0.39 is 5.97 Å². The maximum Gasteiger partial charge on any atom is 0.336 e. The van der Waals surface area contributed by atoms with E-state index in [1.54, 1.807) is 24.4 Å². The number of rotatable bonds is 11. The van der Waals surface area contributed by atoms with Crippen LogP contribution in [0.3, 0.4) is 0 Å². The van der Waals surface area contributed by atoms with Crippen LogP contribution in [0, 0.1) is 0 Å². The van der Waals surface area contributed by atoms with E-state index in [1.807, 2.05) is 22.9 Å². The van der Waals surface area contributed by atoms with Crippen molar-refractivity contribution in [3.63, 3.8) is 0 Å². The first-order chi connectivity index (χ1) is 14.6. The molecular weight excluding hydrogens is 376 g/mol. The molecule has 158 valence electrons. The molecule has 0 bridgehead atoms. The first kappa shape index (κ1) is 21.7. The van der Waals surface area contributed by atoms with Crippen molar-refractivity contribution in [3.05, 3.63) is 65.4 Å². The van der Waals surface area contributed by atoms with Gasteiger partial charge in [-0.2, -0.15) is 5.10 Å². The number of benzene rings is 1. The lowest BCUT2D eigenvalue weighted by Crippen LogP contribution is -2.08. The van der Waals surface area contributed by atoms with Crippen LogP contribution in [0.1, 0.15) is 73.5 Å². The average molecular weight is 407 g/mol. The summed E-state index contributed by atoms with van der Waals surface area (Å²) in [7, 11) is 0. The van der Waals surface area contributed by atoms with Crippen molar-refractivity contribution in [3.8, 4) is 11.3 Å². The van der Waals surface area contributed by atoms with Crippen LogP contribution in [0.5, 0.6) is 0 Å². The van der Waals surface area contributed by atoms with E-state index in [2.05, 4.69) is 18.8 Å². The number of unbranched alkanes of at least 4 members (excludes halogenated alkanes) is 3. The molecule has 0 radical (unpaired) electrons. The van der Waals surface area contributed by atoms with Crippen molar-refractivity contribution >= 4 is 5.97 Å². The third kappa shape index (κ3) is 5.53. The molecule has 1 aromatic carbocycles. The number of hydrogen-bond acceptors (Lipinski definition) is 4. The molecule has 30 heavy (non-hydrogen) atoms. The molecule has 3 aromatic rings. The van der Waals surface area contributed by atoms with Crippen molar-refractivity contribution in [2.75, 3.05) is 0 Å². The minimum absolute atomic E-state index is 0.257. The van der Waals surface area contributed by atoms with Crippen molar-refractivity contribution in [1.29, 1.82) is 0 Å². The molecular formula is C24H30N4O2. The van der Waals surface area contributed by atoms with E-state index in [-0.39, 0.29) is 5.56 Å². The topological polar surface area (TPSA) is 80.9 Å². The second kappa shape index (κ2) is 10.7. The molecule has 0 atom stereocenters. The Bertz CT molecular complexity index is 964. The zero-order chi connectivity index (χ0) is 21.3. The SMILES string of the molecule is CCCCCc1nc(CCCC)nn1Cc1ccc(-c2ccccc2C(=O)O)nc1. The number of carboxylic acids is 1. The number of nitrogens with zero attached hydrogens (tertiary/aromatic N) is 4. The standard InChI is InChI=1S/C24H30N4O2/c1-3-5-7-13-23-26-22(12-6-4-2)27-28(23)17-18-14-15-21(25-16-18)19-10-8-9-11-20(19)24(29)30/h8-11,14-16H,3-7,12-13,17H2,1-2H3,(H,29,30). The van der Waals surface area contributed by atoms with Gasteiger partial charge >= 0.3 is 5.97 Å². The van der Waals surface area contributed by atoms with Gasteiger partial charge < -0.3 is 5.11 Å². The summed E-state index contributed by atoms with van der Waals surface area (Å²) in [6.45, 7) is 5.00. The fourth-order valence-electron chi connectivity index (χ4n) is 3.45. The highest BCUT2D eigenvalue weighted by Gasteiger charge is 2.13.